The van der Waals surface area contributed by atoms with E-state index in [2.05, 4.69) is 15.6 Å². The van der Waals surface area contributed by atoms with Gasteiger partial charge >= 0.3 is 0 Å². The number of piperidine rings is 1. The Morgan fingerprint density at radius 2 is 2.13 bits per heavy atom. The van der Waals surface area contributed by atoms with Crippen molar-refractivity contribution in [2.45, 2.75) is 31.8 Å². The van der Waals surface area contributed by atoms with E-state index in [1.54, 1.807) is 28.5 Å². The first kappa shape index (κ1) is 22.3. The molecule has 1 aromatic heterocycles. The molecule has 7 nitrogen and oxygen atoms in total. The van der Waals surface area contributed by atoms with E-state index in [4.69, 9.17) is 27.9 Å². The van der Waals surface area contributed by atoms with E-state index in [0.29, 0.717) is 46.2 Å². The lowest BCUT2D eigenvalue weighted by Gasteiger charge is -2.31. The number of hydrogen-bond acceptors (Lipinski definition) is 6. The first-order valence-corrected chi connectivity index (χ1v) is 12.0. The molecule has 2 fully saturated rings. The number of nitrogens with one attached hydrogen (secondary N) is 2. The van der Waals surface area contributed by atoms with Crippen molar-refractivity contribution in [3.8, 4) is 0 Å². The Morgan fingerprint density at radius 1 is 1.26 bits per heavy atom. The summed E-state index contributed by atoms with van der Waals surface area (Å²) < 4.78 is 5.56. The van der Waals surface area contributed by atoms with E-state index in [0.717, 1.165) is 32.3 Å². The van der Waals surface area contributed by atoms with E-state index >= 15 is 0 Å². The number of thiazole rings is 1. The summed E-state index contributed by atoms with van der Waals surface area (Å²) in [5.41, 5.74) is 0.981. The van der Waals surface area contributed by atoms with Crippen LogP contribution in [0.4, 0.5) is 10.8 Å². The fraction of sp³-hybridized carbons (Fsp3) is 0.476. The fourth-order valence-electron chi connectivity index (χ4n) is 3.85. The number of carbonyl (C=O) groups excluding carboxylic acids is 2. The zero-order valence-electron chi connectivity index (χ0n) is 16.9. The lowest BCUT2D eigenvalue weighted by Crippen LogP contribution is -2.46. The monoisotopic (exact) mass is 482 g/mol. The molecule has 2 saturated heterocycles. The summed E-state index contributed by atoms with van der Waals surface area (Å²) in [6.07, 6.45) is 3.70. The number of anilines is 2. The van der Waals surface area contributed by atoms with Gasteiger partial charge in [-0.1, -0.05) is 29.3 Å². The van der Waals surface area contributed by atoms with Crippen LogP contribution >= 0.6 is 34.5 Å². The minimum absolute atomic E-state index is 0.00997. The predicted octanol–water partition coefficient (Wildman–Crippen LogP) is 4.34. The van der Waals surface area contributed by atoms with E-state index in [9.17, 15) is 9.59 Å². The van der Waals surface area contributed by atoms with Gasteiger partial charge in [0.25, 0.3) is 5.91 Å². The fourth-order valence-corrected chi connectivity index (χ4v) is 4.89. The van der Waals surface area contributed by atoms with Gasteiger partial charge in [0.15, 0.2) is 5.13 Å². The normalized spacial score (nSPS) is 21.2. The molecule has 0 bridgehead atoms. The molecular weight excluding hydrogens is 459 g/mol. The highest BCUT2D eigenvalue weighted by molar-refractivity contribution is 7.14. The van der Waals surface area contributed by atoms with Crippen LogP contribution in [0, 0.1) is 5.92 Å². The Kier molecular flexibility index (Phi) is 7.32. The molecule has 2 aliphatic rings. The SMILES string of the molecule is O=C(NC[C@H]1CCCO1)[C@H]1CCCN(C(=O)c2csc(Nc3cccc(Cl)c3Cl)n2)C1. The molecule has 10 heteroatoms. The second-order valence-electron chi connectivity index (χ2n) is 7.73. The molecule has 0 radical (unpaired) electrons. The third kappa shape index (κ3) is 5.49. The summed E-state index contributed by atoms with van der Waals surface area (Å²) in [7, 11) is 0. The summed E-state index contributed by atoms with van der Waals surface area (Å²) >= 11 is 13.6. The first-order valence-electron chi connectivity index (χ1n) is 10.4. The topological polar surface area (TPSA) is 83.6 Å². The van der Waals surface area contributed by atoms with Crippen molar-refractivity contribution in [3.63, 3.8) is 0 Å². The van der Waals surface area contributed by atoms with E-state index in [1.807, 2.05) is 0 Å². The van der Waals surface area contributed by atoms with Crippen molar-refractivity contribution in [2.75, 3.05) is 31.6 Å². The average molecular weight is 483 g/mol. The van der Waals surface area contributed by atoms with E-state index < -0.39 is 0 Å². The zero-order valence-corrected chi connectivity index (χ0v) is 19.2. The van der Waals surface area contributed by atoms with Crippen LogP contribution in [0.15, 0.2) is 23.6 Å². The Bertz CT molecular complexity index is 948. The summed E-state index contributed by atoms with van der Waals surface area (Å²) in [6.45, 7) is 2.32. The van der Waals surface area contributed by atoms with Gasteiger partial charge in [-0.25, -0.2) is 4.98 Å². The molecule has 2 aromatic rings. The Morgan fingerprint density at radius 3 is 2.94 bits per heavy atom. The number of likely N-dealkylation sites (tertiary alicyclic amines) is 1. The highest BCUT2D eigenvalue weighted by Crippen LogP contribution is 2.32. The molecule has 166 valence electrons. The molecule has 0 saturated carbocycles. The number of rotatable bonds is 6. The van der Waals surface area contributed by atoms with Gasteiger partial charge in [-0.3, -0.25) is 9.59 Å². The van der Waals surface area contributed by atoms with Gasteiger partial charge in [0.05, 0.1) is 27.8 Å². The number of amides is 2. The molecule has 3 heterocycles. The number of carbonyl (C=O) groups is 2. The molecule has 0 spiro atoms. The van der Waals surface area contributed by atoms with Crippen LogP contribution in [-0.2, 0) is 9.53 Å². The minimum Gasteiger partial charge on any atom is -0.376 e. The molecule has 1 aromatic carbocycles. The number of halogens is 2. The van der Waals surface area contributed by atoms with Gasteiger partial charge in [0.2, 0.25) is 5.91 Å². The van der Waals surface area contributed by atoms with Gasteiger partial charge < -0.3 is 20.3 Å². The number of ether oxygens (including phenoxy) is 1. The van der Waals surface area contributed by atoms with Crippen molar-refractivity contribution in [1.82, 2.24) is 15.2 Å². The Balaban J connectivity index is 1.34. The van der Waals surface area contributed by atoms with Crippen molar-refractivity contribution >= 4 is 57.2 Å². The van der Waals surface area contributed by atoms with Gasteiger partial charge in [-0.15, -0.1) is 11.3 Å². The Hall–Kier alpha value is -1.87. The van der Waals surface area contributed by atoms with Gasteiger partial charge in [0.1, 0.15) is 5.69 Å². The molecule has 0 unspecified atom stereocenters. The molecule has 2 aliphatic heterocycles. The van der Waals surface area contributed by atoms with Gasteiger partial charge in [-0.2, -0.15) is 0 Å². The van der Waals surface area contributed by atoms with Crippen LogP contribution in [0.5, 0.6) is 0 Å². The number of aromatic nitrogens is 1. The summed E-state index contributed by atoms with van der Waals surface area (Å²) in [5, 5.41) is 9.20. The maximum atomic E-state index is 13.0. The Labute approximate surface area is 195 Å². The minimum atomic E-state index is -0.208. The quantitative estimate of drug-likeness (QED) is 0.639. The maximum absolute atomic E-state index is 13.0. The smallest absolute Gasteiger partial charge is 0.273 e. The highest BCUT2D eigenvalue weighted by atomic mass is 35.5. The number of hydrogen-bond donors (Lipinski definition) is 2. The lowest BCUT2D eigenvalue weighted by molar-refractivity contribution is -0.126. The third-order valence-corrected chi connectivity index (χ3v) is 7.10. The first-order chi connectivity index (χ1) is 15.0. The van der Waals surface area contributed by atoms with Crippen LogP contribution in [-0.4, -0.2) is 54.0 Å². The van der Waals surface area contributed by atoms with Gasteiger partial charge in [-0.05, 0) is 37.8 Å². The molecule has 2 N–H and O–H groups in total. The number of nitrogens with zero attached hydrogens (tertiary/aromatic N) is 2. The zero-order chi connectivity index (χ0) is 21.8. The summed E-state index contributed by atoms with van der Waals surface area (Å²) in [6, 6.07) is 5.28. The molecule has 2 amide bonds. The highest BCUT2D eigenvalue weighted by Gasteiger charge is 2.30. The average Bonchev–Trinajstić information content (AvgIpc) is 3.47. The van der Waals surface area contributed by atoms with Crippen molar-refractivity contribution in [1.29, 1.82) is 0 Å². The molecule has 0 aliphatic carbocycles. The van der Waals surface area contributed by atoms with E-state index in [-0.39, 0.29) is 23.8 Å². The standard InChI is InChI=1S/C21H24Cl2N4O3S/c22-15-6-1-7-16(18(15)23)25-21-26-17(12-31-21)20(29)27-8-2-4-13(11-27)19(28)24-10-14-5-3-9-30-14/h1,6-7,12-14H,2-5,8-11H2,(H,24,28)(H,25,26)/t13-,14+/m0/s1. The second kappa shape index (κ2) is 10.2. The lowest BCUT2D eigenvalue weighted by atomic mass is 9.97. The third-order valence-electron chi connectivity index (χ3n) is 5.52. The largest absolute Gasteiger partial charge is 0.376 e. The number of benzene rings is 1. The molecule has 4 rings (SSSR count). The molecular formula is C21H24Cl2N4O3S. The van der Waals surface area contributed by atoms with E-state index in [1.165, 1.54) is 11.3 Å². The van der Waals surface area contributed by atoms with Crippen LogP contribution in [0.2, 0.25) is 10.0 Å². The van der Waals surface area contributed by atoms with Crippen molar-refractivity contribution in [3.05, 3.63) is 39.3 Å². The predicted molar refractivity (Wildman–Crippen MR) is 122 cm³/mol. The van der Waals surface area contributed by atoms with Crippen LogP contribution < -0.4 is 10.6 Å². The summed E-state index contributed by atoms with van der Waals surface area (Å²) in [5.74, 6) is -0.386. The maximum Gasteiger partial charge on any atom is 0.273 e. The summed E-state index contributed by atoms with van der Waals surface area (Å²) in [4.78, 5) is 31.7. The van der Waals surface area contributed by atoms with Crippen LogP contribution in [0.25, 0.3) is 0 Å². The van der Waals surface area contributed by atoms with Crippen molar-refractivity contribution in [2.24, 2.45) is 5.92 Å². The molecule has 31 heavy (non-hydrogen) atoms. The van der Waals surface area contributed by atoms with Crippen molar-refractivity contribution < 1.29 is 14.3 Å². The molecule has 2 atom stereocenters. The second-order valence-corrected chi connectivity index (χ2v) is 9.38. The van der Waals surface area contributed by atoms with Crippen LogP contribution in [0.3, 0.4) is 0 Å². The van der Waals surface area contributed by atoms with Gasteiger partial charge in [0, 0.05) is 31.6 Å². The van der Waals surface area contributed by atoms with Crippen LogP contribution in [0.1, 0.15) is 36.2 Å².